The van der Waals surface area contributed by atoms with Crippen molar-refractivity contribution in [3.8, 4) is 0 Å². The van der Waals surface area contributed by atoms with E-state index in [1.54, 1.807) is 13.1 Å². The van der Waals surface area contributed by atoms with Crippen LogP contribution in [0.4, 0.5) is 19.0 Å². The van der Waals surface area contributed by atoms with Crippen molar-refractivity contribution >= 4 is 11.7 Å². The summed E-state index contributed by atoms with van der Waals surface area (Å²) in [5.74, 6) is -1.47. The molecule has 2 rings (SSSR count). The van der Waals surface area contributed by atoms with Gasteiger partial charge in [0.2, 0.25) is 0 Å². The third kappa shape index (κ3) is 3.17. The maximum atomic E-state index is 12.7. The number of halogens is 3. The van der Waals surface area contributed by atoms with Crippen molar-refractivity contribution in [2.75, 3.05) is 25.5 Å². The number of aromatic nitrogens is 2. The molecule has 110 valence electrons. The maximum absolute atomic E-state index is 12.7. The fraction of sp³-hybridized carbons (Fsp3) is 0.583. The summed E-state index contributed by atoms with van der Waals surface area (Å²) in [5, 5.41) is 10.2. The van der Waals surface area contributed by atoms with Gasteiger partial charge in [-0.15, -0.1) is 10.2 Å². The van der Waals surface area contributed by atoms with Gasteiger partial charge in [-0.05, 0) is 25.0 Å². The molecule has 1 aromatic rings. The molecule has 1 saturated heterocycles. The van der Waals surface area contributed by atoms with Gasteiger partial charge in [0.1, 0.15) is 5.82 Å². The largest absolute Gasteiger partial charge is 0.393 e. The summed E-state index contributed by atoms with van der Waals surface area (Å²) in [6.07, 6.45) is -3.85. The molecule has 8 heteroatoms. The molecule has 0 radical (unpaired) electrons. The van der Waals surface area contributed by atoms with E-state index in [0.29, 0.717) is 18.8 Å². The van der Waals surface area contributed by atoms with E-state index in [1.165, 1.54) is 11.0 Å². The van der Waals surface area contributed by atoms with Crippen LogP contribution in [-0.2, 0) is 0 Å². The zero-order valence-electron chi connectivity index (χ0n) is 10.9. The monoisotopic (exact) mass is 288 g/mol. The highest BCUT2D eigenvalue weighted by Crippen LogP contribution is 2.33. The highest BCUT2D eigenvalue weighted by molar-refractivity contribution is 5.92. The van der Waals surface area contributed by atoms with Crippen molar-refractivity contribution in [1.82, 2.24) is 15.1 Å². The van der Waals surface area contributed by atoms with Crippen LogP contribution >= 0.6 is 0 Å². The molecule has 0 bridgehead atoms. The Morgan fingerprint density at radius 2 is 2.15 bits per heavy atom. The Balaban J connectivity index is 2.08. The average Bonchev–Trinajstić information content (AvgIpc) is 2.46. The minimum absolute atomic E-state index is 0.0619. The number of anilines is 1. The molecule has 5 nitrogen and oxygen atoms in total. The van der Waals surface area contributed by atoms with Gasteiger partial charge in [0.15, 0.2) is 5.69 Å². The van der Waals surface area contributed by atoms with E-state index in [9.17, 15) is 18.0 Å². The lowest BCUT2D eigenvalue weighted by Crippen LogP contribution is -2.44. The van der Waals surface area contributed by atoms with Crippen molar-refractivity contribution in [3.63, 3.8) is 0 Å². The summed E-state index contributed by atoms with van der Waals surface area (Å²) in [5.41, 5.74) is 0.0619. The second-order valence-electron chi connectivity index (χ2n) is 4.69. The highest BCUT2D eigenvalue weighted by atomic mass is 19.4. The van der Waals surface area contributed by atoms with Gasteiger partial charge in [0, 0.05) is 20.1 Å². The average molecular weight is 288 g/mol. The molecule has 1 aliphatic rings. The van der Waals surface area contributed by atoms with E-state index < -0.39 is 18.0 Å². The molecule has 0 saturated carbocycles. The molecular weight excluding hydrogens is 273 g/mol. The number of carbonyl (C=O) groups is 1. The summed E-state index contributed by atoms with van der Waals surface area (Å²) in [4.78, 5) is 13.3. The molecule has 20 heavy (non-hydrogen) atoms. The van der Waals surface area contributed by atoms with Crippen LogP contribution < -0.4 is 5.32 Å². The molecule has 0 spiro atoms. The standard InChI is InChI=1S/C12H15F3N4O/c1-16-10-5-4-9(17-18-10)11(20)19-6-2-3-8(7-19)12(13,14)15/h4-5,8H,2-3,6-7H2,1H3,(H,16,18). The van der Waals surface area contributed by atoms with Crippen LogP contribution in [0.1, 0.15) is 23.3 Å². The molecule has 1 aromatic heterocycles. The Labute approximate surface area is 114 Å². The summed E-state index contributed by atoms with van der Waals surface area (Å²) in [7, 11) is 1.66. The Morgan fingerprint density at radius 1 is 1.40 bits per heavy atom. The van der Waals surface area contributed by atoms with Gasteiger partial charge in [-0.3, -0.25) is 4.79 Å². The number of hydrogen-bond donors (Lipinski definition) is 1. The van der Waals surface area contributed by atoms with Gasteiger partial charge in [-0.1, -0.05) is 0 Å². The number of likely N-dealkylation sites (tertiary alicyclic amines) is 1. The smallest absolute Gasteiger partial charge is 0.372 e. The fourth-order valence-corrected chi connectivity index (χ4v) is 2.17. The van der Waals surface area contributed by atoms with E-state index in [4.69, 9.17) is 0 Å². The summed E-state index contributed by atoms with van der Waals surface area (Å²) >= 11 is 0. The lowest BCUT2D eigenvalue weighted by atomic mass is 9.97. The maximum Gasteiger partial charge on any atom is 0.393 e. The first-order valence-corrected chi connectivity index (χ1v) is 6.29. The number of hydrogen-bond acceptors (Lipinski definition) is 4. The quantitative estimate of drug-likeness (QED) is 0.903. The summed E-state index contributed by atoms with van der Waals surface area (Å²) in [6.45, 7) is 0.0126. The van der Waals surface area contributed by atoms with Gasteiger partial charge in [0.05, 0.1) is 5.92 Å². The molecule has 1 N–H and O–H groups in total. The van der Waals surface area contributed by atoms with Crippen molar-refractivity contribution < 1.29 is 18.0 Å². The predicted molar refractivity (Wildman–Crippen MR) is 66.3 cm³/mol. The van der Waals surface area contributed by atoms with Crippen LogP contribution in [-0.4, -0.2) is 47.3 Å². The Kier molecular flexibility index (Phi) is 4.10. The molecule has 1 aliphatic heterocycles. The SMILES string of the molecule is CNc1ccc(C(=O)N2CCCC(C(F)(F)F)C2)nn1. The molecule has 1 unspecified atom stereocenters. The topological polar surface area (TPSA) is 58.1 Å². The fourth-order valence-electron chi connectivity index (χ4n) is 2.17. The van der Waals surface area contributed by atoms with Crippen molar-refractivity contribution in [1.29, 1.82) is 0 Å². The normalized spacial score (nSPS) is 19.8. The molecule has 0 aliphatic carbocycles. The highest BCUT2D eigenvalue weighted by Gasteiger charge is 2.42. The van der Waals surface area contributed by atoms with E-state index in [-0.39, 0.29) is 18.7 Å². The Morgan fingerprint density at radius 3 is 2.70 bits per heavy atom. The first-order chi connectivity index (χ1) is 9.41. The number of nitrogens with zero attached hydrogens (tertiary/aromatic N) is 3. The second-order valence-corrected chi connectivity index (χ2v) is 4.69. The zero-order chi connectivity index (χ0) is 14.8. The first-order valence-electron chi connectivity index (χ1n) is 6.29. The Bertz CT molecular complexity index is 475. The number of rotatable bonds is 2. The first kappa shape index (κ1) is 14.5. The lowest BCUT2D eigenvalue weighted by molar-refractivity contribution is -0.184. The van der Waals surface area contributed by atoms with E-state index >= 15 is 0 Å². The molecule has 2 heterocycles. The number of piperidine rings is 1. The van der Waals surface area contributed by atoms with Crippen LogP contribution in [0.2, 0.25) is 0 Å². The third-order valence-electron chi connectivity index (χ3n) is 3.31. The van der Waals surface area contributed by atoms with Crippen LogP contribution in [0, 0.1) is 5.92 Å². The number of carbonyl (C=O) groups excluding carboxylic acids is 1. The van der Waals surface area contributed by atoms with E-state index in [1.807, 2.05) is 0 Å². The third-order valence-corrected chi connectivity index (χ3v) is 3.31. The van der Waals surface area contributed by atoms with Crippen LogP contribution in [0.5, 0.6) is 0 Å². The van der Waals surface area contributed by atoms with Crippen molar-refractivity contribution in [2.24, 2.45) is 5.92 Å². The van der Waals surface area contributed by atoms with Gasteiger partial charge in [0.25, 0.3) is 5.91 Å². The van der Waals surface area contributed by atoms with E-state index in [2.05, 4.69) is 15.5 Å². The zero-order valence-corrected chi connectivity index (χ0v) is 10.9. The van der Waals surface area contributed by atoms with Gasteiger partial charge in [-0.25, -0.2) is 0 Å². The van der Waals surface area contributed by atoms with Crippen LogP contribution in [0.15, 0.2) is 12.1 Å². The van der Waals surface area contributed by atoms with Gasteiger partial charge in [-0.2, -0.15) is 13.2 Å². The van der Waals surface area contributed by atoms with Gasteiger partial charge < -0.3 is 10.2 Å². The summed E-state index contributed by atoms with van der Waals surface area (Å²) in [6, 6.07) is 3.02. The van der Waals surface area contributed by atoms with E-state index in [0.717, 1.165) is 0 Å². The Hall–Kier alpha value is -1.86. The molecule has 0 aromatic carbocycles. The molecular formula is C12H15F3N4O. The van der Waals surface area contributed by atoms with Crippen molar-refractivity contribution in [2.45, 2.75) is 19.0 Å². The minimum atomic E-state index is -4.26. The lowest BCUT2D eigenvalue weighted by Gasteiger charge is -2.33. The molecule has 1 atom stereocenters. The molecule has 1 amide bonds. The van der Waals surface area contributed by atoms with Crippen LogP contribution in [0.3, 0.4) is 0 Å². The van der Waals surface area contributed by atoms with Crippen molar-refractivity contribution in [3.05, 3.63) is 17.8 Å². The number of alkyl halides is 3. The molecule has 1 fully saturated rings. The second kappa shape index (κ2) is 5.64. The number of amides is 1. The minimum Gasteiger partial charge on any atom is -0.372 e. The predicted octanol–water partition coefficient (Wildman–Crippen LogP) is 1.93. The summed E-state index contributed by atoms with van der Waals surface area (Å²) < 4.78 is 38.1. The van der Waals surface area contributed by atoms with Crippen LogP contribution in [0.25, 0.3) is 0 Å². The van der Waals surface area contributed by atoms with Gasteiger partial charge >= 0.3 is 6.18 Å². The number of nitrogens with one attached hydrogen (secondary N) is 1.